The van der Waals surface area contributed by atoms with Gasteiger partial charge in [0.1, 0.15) is 18.0 Å². The average molecular weight is 235 g/mol. The van der Waals surface area contributed by atoms with Crippen LogP contribution in [0.1, 0.15) is 13.8 Å². The van der Waals surface area contributed by atoms with Crippen LogP contribution in [0.25, 0.3) is 0 Å². The Balaban J connectivity index is 2.29. The molecule has 0 unspecified atom stereocenters. The number of hydrogen-bond acceptors (Lipinski definition) is 5. The molecular formula is C12H21N5. The van der Waals surface area contributed by atoms with Gasteiger partial charge >= 0.3 is 0 Å². The molecule has 0 aromatic carbocycles. The molecule has 2 rings (SSSR count). The molecule has 0 amide bonds. The standard InChI is InChI=1S/C12H21N5/c1-12(2)8-13-5-6-17(12)11-7-10(16(3)4)14-9-15-11/h7,9,13H,5-6,8H2,1-4H3. The van der Waals surface area contributed by atoms with Gasteiger partial charge in [-0.3, -0.25) is 0 Å². The van der Waals surface area contributed by atoms with E-state index >= 15 is 0 Å². The molecule has 0 saturated carbocycles. The van der Waals surface area contributed by atoms with E-state index in [2.05, 4.69) is 34.0 Å². The molecule has 0 aliphatic carbocycles. The molecule has 5 heteroatoms. The third-order valence-corrected chi connectivity index (χ3v) is 3.17. The van der Waals surface area contributed by atoms with Gasteiger partial charge in [0, 0.05) is 45.3 Å². The highest BCUT2D eigenvalue weighted by molar-refractivity contribution is 5.51. The minimum absolute atomic E-state index is 0.0934. The van der Waals surface area contributed by atoms with Crippen LogP contribution >= 0.6 is 0 Å². The van der Waals surface area contributed by atoms with Crippen LogP contribution in [0.4, 0.5) is 11.6 Å². The summed E-state index contributed by atoms with van der Waals surface area (Å²) in [6, 6.07) is 2.05. The number of anilines is 2. The first kappa shape index (κ1) is 12.1. The van der Waals surface area contributed by atoms with Crippen LogP contribution in [0.2, 0.25) is 0 Å². The first-order valence-corrected chi connectivity index (χ1v) is 5.98. The maximum atomic E-state index is 4.40. The number of rotatable bonds is 2. The Morgan fingerprint density at radius 3 is 2.76 bits per heavy atom. The summed E-state index contributed by atoms with van der Waals surface area (Å²) in [4.78, 5) is 13.0. The Labute approximate surface area is 103 Å². The van der Waals surface area contributed by atoms with E-state index in [4.69, 9.17) is 0 Å². The molecule has 1 aromatic heterocycles. The van der Waals surface area contributed by atoms with Gasteiger partial charge < -0.3 is 15.1 Å². The van der Waals surface area contributed by atoms with E-state index in [-0.39, 0.29) is 5.54 Å². The van der Waals surface area contributed by atoms with Crippen LogP contribution in [0.3, 0.4) is 0 Å². The number of nitrogens with zero attached hydrogens (tertiary/aromatic N) is 4. The van der Waals surface area contributed by atoms with Crippen molar-refractivity contribution in [1.29, 1.82) is 0 Å². The Hall–Kier alpha value is -1.36. The fourth-order valence-corrected chi connectivity index (χ4v) is 2.14. The minimum atomic E-state index is 0.0934. The second kappa shape index (κ2) is 4.49. The second-order valence-electron chi connectivity index (χ2n) is 5.27. The fraction of sp³-hybridized carbons (Fsp3) is 0.667. The summed E-state index contributed by atoms with van der Waals surface area (Å²) in [6.45, 7) is 7.43. The number of aromatic nitrogens is 2. The van der Waals surface area contributed by atoms with Crippen molar-refractivity contribution in [3.05, 3.63) is 12.4 Å². The summed E-state index contributed by atoms with van der Waals surface area (Å²) in [5, 5.41) is 3.42. The van der Waals surface area contributed by atoms with E-state index in [0.717, 1.165) is 31.3 Å². The monoisotopic (exact) mass is 235 g/mol. The molecular weight excluding hydrogens is 214 g/mol. The van der Waals surface area contributed by atoms with Crippen molar-refractivity contribution >= 4 is 11.6 Å². The van der Waals surface area contributed by atoms with Crippen molar-refractivity contribution in [3.8, 4) is 0 Å². The van der Waals surface area contributed by atoms with E-state index < -0.39 is 0 Å². The Bertz CT molecular complexity index is 388. The second-order valence-corrected chi connectivity index (χ2v) is 5.27. The zero-order chi connectivity index (χ0) is 12.5. The zero-order valence-corrected chi connectivity index (χ0v) is 11.1. The highest BCUT2D eigenvalue weighted by Gasteiger charge is 2.30. The smallest absolute Gasteiger partial charge is 0.134 e. The van der Waals surface area contributed by atoms with Crippen molar-refractivity contribution in [2.75, 3.05) is 43.5 Å². The molecule has 0 atom stereocenters. The van der Waals surface area contributed by atoms with Gasteiger partial charge in [0.2, 0.25) is 0 Å². The van der Waals surface area contributed by atoms with Gasteiger partial charge in [-0.05, 0) is 13.8 Å². The number of nitrogens with one attached hydrogen (secondary N) is 1. The molecule has 17 heavy (non-hydrogen) atoms. The lowest BCUT2D eigenvalue weighted by Gasteiger charge is -2.43. The van der Waals surface area contributed by atoms with Crippen LogP contribution in [0.5, 0.6) is 0 Å². The molecule has 1 N–H and O–H groups in total. The first-order chi connectivity index (χ1) is 8.00. The minimum Gasteiger partial charge on any atom is -0.363 e. The number of hydrogen-bond donors (Lipinski definition) is 1. The van der Waals surface area contributed by atoms with Crippen molar-refractivity contribution < 1.29 is 0 Å². The van der Waals surface area contributed by atoms with E-state index in [1.807, 2.05) is 25.1 Å². The molecule has 1 saturated heterocycles. The fourth-order valence-electron chi connectivity index (χ4n) is 2.14. The highest BCUT2D eigenvalue weighted by atomic mass is 15.3. The summed E-state index contributed by atoms with van der Waals surface area (Å²) >= 11 is 0. The largest absolute Gasteiger partial charge is 0.363 e. The van der Waals surface area contributed by atoms with Crippen LogP contribution in [0, 0.1) is 0 Å². The predicted molar refractivity (Wildman–Crippen MR) is 70.7 cm³/mol. The molecule has 1 aromatic rings. The van der Waals surface area contributed by atoms with E-state index in [9.17, 15) is 0 Å². The topological polar surface area (TPSA) is 44.3 Å². The van der Waals surface area contributed by atoms with Gasteiger partial charge in [-0.2, -0.15) is 0 Å². The maximum absolute atomic E-state index is 4.40. The van der Waals surface area contributed by atoms with Gasteiger partial charge in [0.05, 0.1) is 0 Å². The normalized spacial score (nSPS) is 19.2. The van der Waals surface area contributed by atoms with Crippen molar-refractivity contribution in [1.82, 2.24) is 15.3 Å². The van der Waals surface area contributed by atoms with Crippen molar-refractivity contribution in [3.63, 3.8) is 0 Å². The highest BCUT2D eigenvalue weighted by Crippen LogP contribution is 2.24. The van der Waals surface area contributed by atoms with Crippen molar-refractivity contribution in [2.45, 2.75) is 19.4 Å². The van der Waals surface area contributed by atoms with Crippen LogP contribution in [-0.2, 0) is 0 Å². The van der Waals surface area contributed by atoms with E-state index in [0.29, 0.717) is 0 Å². The zero-order valence-electron chi connectivity index (χ0n) is 11.1. The lowest BCUT2D eigenvalue weighted by atomic mass is 10.0. The lowest BCUT2D eigenvalue weighted by Crippen LogP contribution is -2.58. The molecule has 0 bridgehead atoms. The quantitative estimate of drug-likeness (QED) is 0.819. The summed E-state index contributed by atoms with van der Waals surface area (Å²) in [5.74, 6) is 1.96. The first-order valence-electron chi connectivity index (χ1n) is 5.98. The SMILES string of the molecule is CN(C)c1cc(N2CCNCC2(C)C)ncn1. The third-order valence-electron chi connectivity index (χ3n) is 3.17. The molecule has 0 radical (unpaired) electrons. The Kier molecular flexibility index (Phi) is 3.19. The molecule has 94 valence electrons. The summed E-state index contributed by atoms with van der Waals surface area (Å²) in [5.41, 5.74) is 0.0934. The van der Waals surface area contributed by atoms with Crippen LogP contribution in [0.15, 0.2) is 12.4 Å². The molecule has 2 heterocycles. The van der Waals surface area contributed by atoms with Gasteiger partial charge in [0.15, 0.2) is 0 Å². The van der Waals surface area contributed by atoms with Gasteiger partial charge in [0.25, 0.3) is 0 Å². The molecule has 1 aliphatic heterocycles. The molecule has 0 spiro atoms. The maximum Gasteiger partial charge on any atom is 0.134 e. The van der Waals surface area contributed by atoms with Gasteiger partial charge in [-0.25, -0.2) is 9.97 Å². The van der Waals surface area contributed by atoms with Crippen molar-refractivity contribution in [2.24, 2.45) is 0 Å². The molecule has 1 aliphatic rings. The lowest BCUT2D eigenvalue weighted by molar-refractivity contribution is 0.377. The average Bonchev–Trinajstić information content (AvgIpc) is 2.28. The van der Waals surface area contributed by atoms with Crippen LogP contribution in [-0.4, -0.2) is 49.2 Å². The predicted octanol–water partition coefficient (Wildman–Crippen LogP) is 0.731. The molecule has 1 fully saturated rings. The Morgan fingerprint density at radius 2 is 2.12 bits per heavy atom. The van der Waals surface area contributed by atoms with Gasteiger partial charge in [-0.1, -0.05) is 0 Å². The summed E-state index contributed by atoms with van der Waals surface area (Å²) in [7, 11) is 3.99. The Morgan fingerprint density at radius 1 is 1.35 bits per heavy atom. The third kappa shape index (κ3) is 2.49. The number of piperazine rings is 1. The summed E-state index contributed by atoms with van der Waals surface area (Å²) in [6.07, 6.45) is 1.64. The van der Waals surface area contributed by atoms with Gasteiger partial charge in [-0.15, -0.1) is 0 Å². The van der Waals surface area contributed by atoms with Crippen LogP contribution < -0.4 is 15.1 Å². The molecule has 5 nitrogen and oxygen atoms in total. The van der Waals surface area contributed by atoms with E-state index in [1.165, 1.54) is 0 Å². The summed E-state index contributed by atoms with van der Waals surface area (Å²) < 4.78 is 0. The van der Waals surface area contributed by atoms with E-state index in [1.54, 1.807) is 6.33 Å².